The molecule has 1 amide bonds. The molecule has 0 bridgehead atoms. The largest absolute Gasteiger partial charge is 0.488 e. The molecule has 2 atom stereocenters. The van der Waals surface area contributed by atoms with Gasteiger partial charge in [-0.05, 0) is 27.7 Å². The van der Waals surface area contributed by atoms with Gasteiger partial charge in [-0.25, -0.2) is 13.6 Å². The number of nitrogens with one attached hydrogen (secondary N) is 1. The molecule has 1 N–H and O–H groups in total. The van der Waals surface area contributed by atoms with E-state index in [1.807, 2.05) is 13.8 Å². The molecule has 1 saturated heterocycles. The number of hydrogen-bond acceptors (Lipinski definition) is 6. The summed E-state index contributed by atoms with van der Waals surface area (Å²) in [4.78, 5) is 13.9. The Bertz CT molecular complexity index is 834. The third-order valence-corrected chi connectivity index (χ3v) is 5.06. The topological polar surface area (TPSA) is 76.8 Å². The van der Waals surface area contributed by atoms with E-state index in [4.69, 9.17) is 14.0 Å². The molecular weight excluding hydrogens is 384 g/mol. The van der Waals surface area contributed by atoms with Gasteiger partial charge in [-0.2, -0.15) is 0 Å². The van der Waals surface area contributed by atoms with E-state index in [1.165, 1.54) is 0 Å². The first-order chi connectivity index (χ1) is 13.8. The highest BCUT2D eigenvalue weighted by atomic mass is 19.1. The van der Waals surface area contributed by atoms with Crippen molar-refractivity contribution in [3.05, 3.63) is 46.3 Å². The van der Waals surface area contributed by atoms with Crippen molar-refractivity contribution in [1.29, 1.82) is 0 Å². The molecule has 2 heterocycles. The normalized spacial score (nSPS) is 19.3. The van der Waals surface area contributed by atoms with Crippen LogP contribution in [0.5, 0.6) is 5.75 Å². The van der Waals surface area contributed by atoms with Crippen molar-refractivity contribution in [3.63, 3.8) is 0 Å². The molecule has 1 aromatic heterocycles. The number of ether oxygens (including phenoxy) is 2. The summed E-state index contributed by atoms with van der Waals surface area (Å²) >= 11 is 0. The van der Waals surface area contributed by atoms with Gasteiger partial charge in [0.15, 0.2) is 0 Å². The first-order valence-corrected chi connectivity index (χ1v) is 9.46. The Hall–Kier alpha value is -2.68. The predicted molar refractivity (Wildman–Crippen MR) is 100 cm³/mol. The second-order valence-corrected chi connectivity index (χ2v) is 7.28. The fourth-order valence-electron chi connectivity index (χ4n) is 3.37. The Morgan fingerprint density at radius 3 is 2.34 bits per heavy atom. The van der Waals surface area contributed by atoms with E-state index in [-0.39, 0.29) is 30.0 Å². The van der Waals surface area contributed by atoms with E-state index in [1.54, 1.807) is 18.7 Å². The molecule has 1 aliphatic rings. The number of rotatable bonds is 5. The monoisotopic (exact) mass is 409 g/mol. The number of nitrogens with zero attached hydrogens (tertiary/aromatic N) is 2. The lowest BCUT2D eigenvalue weighted by Gasteiger charge is -2.38. The van der Waals surface area contributed by atoms with Gasteiger partial charge in [0.05, 0.1) is 16.8 Å². The number of benzene rings is 1. The molecular formula is C20H25F2N3O4. The molecule has 0 spiro atoms. The SMILES string of the molecule is Cc1noc(C)c1COc1cc(F)c(COC(=O)N2C(C)CNCC2C)c(F)c1. The number of aromatic nitrogens is 1. The molecule has 0 saturated carbocycles. The molecule has 1 fully saturated rings. The molecule has 3 rings (SSSR count). The Morgan fingerprint density at radius 2 is 1.79 bits per heavy atom. The van der Waals surface area contributed by atoms with Crippen molar-refractivity contribution < 1.29 is 27.6 Å². The molecule has 158 valence electrons. The quantitative estimate of drug-likeness (QED) is 0.815. The van der Waals surface area contributed by atoms with Gasteiger partial charge < -0.3 is 24.2 Å². The van der Waals surface area contributed by atoms with Crippen molar-refractivity contribution in [2.45, 2.75) is 53.0 Å². The second kappa shape index (κ2) is 8.77. The Labute approximate surface area is 167 Å². The molecule has 9 heteroatoms. The average Bonchev–Trinajstić information content (AvgIpc) is 2.97. The number of hydrogen-bond donors (Lipinski definition) is 1. The number of halogens is 2. The van der Waals surface area contributed by atoms with Gasteiger partial charge >= 0.3 is 6.09 Å². The van der Waals surface area contributed by atoms with Crippen LogP contribution in [0.15, 0.2) is 16.7 Å². The lowest BCUT2D eigenvalue weighted by atomic mass is 10.1. The van der Waals surface area contributed by atoms with Gasteiger partial charge in [0.2, 0.25) is 0 Å². The number of piperazine rings is 1. The summed E-state index contributed by atoms with van der Waals surface area (Å²) in [5, 5.41) is 7.01. The van der Waals surface area contributed by atoms with Gasteiger partial charge in [-0.1, -0.05) is 5.16 Å². The summed E-state index contributed by atoms with van der Waals surface area (Å²) in [5.41, 5.74) is 1.06. The molecule has 2 aromatic rings. The van der Waals surface area contributed by atoms with Crippen LogP contribution in [0.1, 0.15) is 36.4 Å². The number of amides is 1. The van der Waals surface area contributed by atoms with Crippen LogP contribution in [0.2, 0.25) is 0 Å². The fraction of sp³-hybridized carbons (Fsp3) is 0.500. The zero-order chi connectivity index (χ0) is 21.1. The summed E-state index contributed by atoms with van der Waals surface area (Å²) in [7, 11) is 0. The van der Waals surface area contributed by atoms with Crippen molar-refractivity contribution in [2.24, 2.45) is 0 Å². The van der Waals surface area contributed by atoms with Crippen molar-refractivity contribution in [3.8, 4) is 5.75 Å². The van der Waals surface area contributed by atoms with Crippen LogP contribution in [-0.4, -0.2) is 41.3 Å². The maximum Gasteiger partial charge on any atom is 0.410 e. The molecule has 1 aromatic carbocycles. The summed E-state index contributed by atoms with van der Waals surface area (Å²) in [6.07, 6.45) is -0.593. The minimum absolute atomic E-state index is 0.0272. The van der Waals surface area contributed by atoms with Crippen LogP contribution in [0.4, 0.5) is 13.6 Å². The third-order valence-electron chi connectivity index (χ3n) is 5.06. The number of carbonyl (C=O) groups excluding carboxylic acids is 1. The second-order valence-electron chi connectivity index (χ2n) is 7.28. The highest BCUT2D eigenvalue weighted by molar-refractivity contribution is 5.68. The lowest BCUT2D eigenvalue weighted by Crippen LogP contribution is -2.57. The van der Waals surface area contributed by atoms with E-state index in [0.717, 1.165) is 17.7 Å². The first kappa shape index (κ1) is 21.0. The van der Waals surface area contributed by atoms with E-state index in [0.29, 0.717) is 24.5 Å². The smallest absolute Gasteiger partial charge is 0.410 e. The maximum atomic E-state index is 14.4. The Balaban J connectivity index is 1.64. The van der Waals surface area contributed by atoms with Crippen LogP contribution >= 0.6 is 0 Å². The highest BCUT2D eigenvalue weighted by Crippen LogP contribution is 2.24. The van der Waals surface area contributed by atoms with Gasteiger partial charge in [0.25, 0.3) is 0 Å². The van der Waals surface area contributed by atoms with Crippen LogP contribution in [0.3, 0.4) is 0 Å². The van der Waals surface area contributed by atoms with E-state index in [2.05, 4.69) is 10.5 Å². The van der Waals surface area contributed by atoms with E-state index >= 15 is 0 Å². The van der Waals surface area contributed by atoms with Gasteiger partial charge in [-0.3, -0.25) is 0 Å². The van der Waals surface area contributed by atoms with Crippen LogP contribution in [0.25, 0.3) is 0 Å². The minimum Gasteiger partial charge on any atom is -0.488 e. The highest BCUT2D eigenvalue weighted by Gasteiger charge is 2.30. The van der Waals surface area contributed by atoms with Crippen molar-refractivity contribution >= 4 is 6.09 Å². The van der Waals surface area contributed by atoms with Gasteiger partial charge in [-0.15, -0.1) is 0 Å². The predicted octanol–water partition coefficient (Wildman–Crippen LogP) is 3.47. The van der Waals surface area contributed by atoms with Crippen LogP contribution in [-0.2, 0) is 18.0 Å². The van der Waals surface area contributed by atoms with E-state index < -0.39 is 24.3 Å². The van der Waals surface area contributed by atoms with Gasteiger partial charge in [0.1, 0.15) is 36.4 Å². The number of carbonyl (C=O) groups is 1. The van der Waals surface area contributed by atoms with Crippen molar-refractivity contribution in [2.75, 3.05) is 13.1 Å². The third kappa shape index (κ3) is 4.67. The molecule has 0 radical (unpaired) electrons. The van der Waals surface area contributed by atoms with Crippen LogP contribution in [0, 0.1) is 25.5 Å². The maximum absolute atomic E-state index is 14.4. The molecule has 1 aliphatic heterocycles. The summed E-state index contributed by atoms with van der Waals surface area (Å²) in [6.45, 7) is 8.12. The Kier molecular flexibility index (Phi) is 6.36. The minimum atomic E-state index is -0.840. The van der Waals surface area contributed by atoms with Crippen LogP contribution < -0.4 is 10.1 Å². The summed E-state index contributed by atoms with van der Waals surface area (Å²) < 4.78 is 44.5. The first-order valence-electron chi connectivity index (χ1n) is 9.46. The van der Waals surface area contributed by atoms with Crippen molar-refractivity contribution in [1.82, 2.24) is 15.4 Å². The Morgan fingerprint density at radius 1 is 1.17 bits per heavy atom. The fourth-order valence-corrected chi connectivity index (χ4v) is 3.37. The molecule has 29 heavy (non-hydrogen) atoms. The average molecular weight is 409 g/mol. The summed E-state index contributed by atoms with van der Waals surface area (Å²) in [5.74, 6) is -1.07. The molecule has 2 unspecified atom stereocenters. The van der Waals surface area contributed by atoms with Gasteiger partial charge in [0, 0.05) is 37.3 Å². The zero-order valence-electron chi connectivity index (χ0n) is 16.9. The zero-order valence-corrected chi connectivity index (χ0v) is 16.9. The lowest BCUT2D eigenvalue weighted by molar-refractivity contribution is 0.0551. The standard InChI is InChI=1S/C20H25F2N3O4/c1-11-7-23-8-12(2)25(11)20(26)28-10-17-18(21)5-15(6-19(17)22)27-9-16-13(3)24-29-14(16)4/h5-6,11-12,23H,7-10H2,1-4H3. The number of aryl methyl sites for hydroxylation is 2. The molecule has 0 aliphatic carbocycles. The van der Waals surface area contributed by atoms with E-state index in [9.17, 15) is 13.6 Å². The molecule has 7 nitrogen and oxygen atoms in total. The summed E-state index contributed by atoms with van der Waals surface area (Å²) in [6, 6.07) is 2.00.